The number of esters is 2. The highest BCUT2D eigenvalue weighted by Gasteiger charge is 2.23. The average Bonchev–Trinajstić information content (AvgIpc) is 2.99. The van der Waals surface area contributed by atoms with Gasteiger partial charge in [0.1, 0.15) is 6.61 Å². The maximum Gasteiger partial charge on any atom is 0.469 e. The summed E-state index contributed by atoms with van der Waals surface area (Å²) in [6.07, 6.45) is 30.4. The van der Waals surface area contributed by atoms with Crippen LogP contribution in [0, 0.1) is 5.92 Å². The summed E-state index contributed by atoms with van der Waals surface area (Å²) in [6, 6.07) is 0. The van der Waals surface area contributed by atoms with Gasteiger partial charge in [0.15, 0.2) is 6.10 Å². The number of carbonyl (C=O) groups is 2. The summed E-state index contributed by atoms with van der Waals surface area (Å²) < 4.78 is 26.1. The predicted molar refractivity (Wildman–Crippen MR) is 185 cm³/mol. The van der Waals surface area contributed by atoms with Crippen molar-refractivity contribution in [3.05, 3.63) is 48.6 Å². The maximum absolute atomic E-state index is 12.3. The smallest absolute Gasteiger partial charge is 0.462 e. The van der Waals surface area contributed by atoms with E-state index in [2.05, 4.69) is 49.6 Å². The van der Waals surface area contributed by atoms with Crippen molar-refractivity contribution in [2.24, 2.45) is 5.92 Å². The van der Waals surface area contributed by atoms with Gasteiger partial charge in [0, 0.05) is 12.8 Å². The summed E-state index contributed by atoms with van der Waals surface area (Å²) in [5, 5.41) is 10.1. The molecule has 0 aromatic rings. The molecule has 46 heavy (non-hydrogen) atoms. The quantitative estimate of drug-likeness (QED) is 0.0225. The number of rotatable bonds is 30. The van der Waals surface area contributed by atoms with Gasteiger partial charge in [-0.3, -0.25) is 14.1 Å². The lowest BCUT2D eigenvalue weighted by atomic mass is 10.0. The highest BCUT2D eigenvalue weighted by Crippen LogP contribution is 2.36. The van der Waals surface area contributed by atoms with Crippen molar-refractivity contribution in [2.45, 2.75) is 149 Å². The van der Waals surface area contributed by atoms with E-state index in [0.29, 0.717) is 19.3 Å². The van der Waals surface area contributed by atoms with Crippen LogP contribution in [0.2, 0.25) is 0 Å². The average molecular weight is 671 g/mol. The zero-order valence-electron chi connectivity index (χ0n) is 28.7. The standard InChI is InChI=1S/C36H63O9P/c1-4-5-6-7-8-9-10-11-12-13-16-19-22-26-33(37)27-24-29-35(38)43-30-34(31-44-46(40,41)42)45-36(39)28-23-20-17-14-15-18-21-25-32(2)3/h8-9,11-12,16,19,22,26,32-34,37H,4-7,10,13-15,17-18,20-21,23-25,27-31H2,1-3H3,(H2,40,41,42)/b9-8-,12-11-,19-16-,26-22+/t33-,34-/m1/s1. The molecule has 2 atom stereocenters. The van der Waals surface area contributed by atoms with E-state index in [1.165, 1.54) is 44.9 Å². The fraction of sp³-hybridized carbons (Fsp3) is 0.722. The first-order chi connectivity index (χ1) is 22.0. The summed E-state index contributed by atoms with van der Waals surface area (Å²) in [5.41, 5.74) is 0. The van der Waals surface area contributed by atoms with E-state index >= 15 is 0 Å². The van der Waals surface area contributed by atoms with Crippen LogP contribution in [-0.2, 0) is 28.2 Å². The molecule has 0 bridgehead atoms. The Morgan fingerprint density at radius 1 is 0.717 bits per heavy atom. The molecule has 0 aliphatic carbocycles. The molecule has 0 spiro atoms. The number of unbranched alkanes of at least 4 members (excludes halogenated alkanes) is 9. The third-order valence-corrected chi connectivity index (χ3v) is 7.62. The lowest BCUT2D eigenvalue weighted by Gasteiger charge is -2.18. The van der Waals surface area contributed by atoms with E-state index in [0.717, 1.165) is 44.4 Å². The van der Waals surface area contributed by atoms with Crippen LogP contribution >= 0.6 is 7.82 Å². The van der Waals surface area contributed by atoms with Crippen molar-refractivity contribution in [3.63, 3.8) is 0 Å². The van der Waals surface area contributed by atoms with Crippen LogP contribution in [0.5, 0.6) is 0 Å². The summed E-state index contributed by atoms with van der Waals surface area (Å²) in [5.74, 6) is -0.359. The van der Waals surface area contributed by atoms with E-state index in [1.807, 2.05) is 12.2 Å². The molecule has 0 aliphatic heterocycles. The normalized spacial score (nSPS) is 13.9. The molecule has 0 heterocycles. The summed E-state index contributed by atoms with van der Waals surface area (Å²) >= 11 is 0. The van der Waals surface area contributed by atoms with Gasteiger partial charge in [-0.1, -0.05) is 127 Å². The van der Waals surface area contributed by atoms with Gasteiger partial charge in [-0.25, -0.2) is 4.57 Å². The van der Waals surface area contributed by atoms with E-state index in [-0.39, 0.29) is 19.4 Å². The second-order valence-electron chi connectivity index (χ2n) is 12.2. The first kappa shape index (κ1) is 44.0. The summed E-state index contributed by atoms with van der Waals surface area (Å²) in [4.78, 5) is 42.5. The Balaban J connectivity index is 4.23. The Labute approximate surface area is 278 Å². The van der Waals surface area contributed by atoms with E-state index in [4.69, 9.17) is 19.3 Å². The molecule has 0 saturated carbocycles. The molecule has 3 N–H and O–H groups in total. The number of phosphoric acid groups is 1. The third-order valence-electron chi connectivity index (χ3n) is 7.13. The monoisotopic (exact) mass is 670 g/mol. The Morgan fingerprint density at radius 2 is 1.35 bits per heavy atom. The number of carbonyl (C=O) groups excluding carboxylic acids is 2. The fourth-order valence-corrected chi connectivity index (χ4v) is 4.84. The molecule has 0 aromatic carbocycles. The largest absolute Gasteiger partial charge is 0.469 e. The molecule has 0 saturated heterocycles. The molecule has 0 aromatic heterocycles. The molecule has 0 fully saturated rings. The Hall–Kier alpha value is -2.03. The number of ether oxygens (including phenoxy) is 2. The summed E-state index contributed by atoms with van der Waals surface area (Å²) in [7, 11) is -4.79. The summed E-state index contributed by atoms with van der Waals surface area (Å²) in [6.45, 7) is 5.69. The maximum atomic E-state index is 12.3. The lowest BCUT2D eigenvalue weighted by Crippen LogP contribution is -2.29. The molecule has 0 radical (unpaired) electrons. The molecule has 266 valence electrons. The minimum atomic E-state index is -4.79. The van der Waals surface area contributed by atoms with Gasteiger partial charge < -0.3 is 24.4 Å². The van der Waals surface area contributed by atoms with Gasteiger partial charge in [0.2, 0.25) is 0 Å². The molecule has 10 heteroatoms. The topological polar surface area (TPSA) is 140 Å². The predicted octanol–water partition coefficient (Wildman–Crippen LogP) is 8.83. The molecule has 0 rings (SSSR count). The first-order valence-electron chi connectivity index (χ1n) is 17.4. The highest BCUT2D eigenvalue weighted by atomic mass is 31.2. The Morgan fingerprint density at radius 3 is 2.02 bits per heavy atom. The second-order valence-corrected chi connectivity index (χ2v) is 13.4. The SMILES string of the molecule is CCCCC/C=C\C/C=C\C/C=C\C=C\[C@@H](O)CCCC(=O)OC[C@H](COP(=O)(O)O)OC(=O)CCCCCCCCCC(C)C. The second kappa shape index (κ2) is 30.3. The molecule has 0 unspecified atom stereocenters. The van der Waals surface area contributed by atoms with Gasteiger partial charge in [-0.05, 0) is 50.9 Å². The van der Waals surface area contributed by atoms with Gasteiger partial charge in [-0.2, -0.15) is 0 Å². The van der Waals surface area contributed by atoms with Crippen molar-refractivity contribution in [2.75, 3.05) is 13.2 Å². The molecule has 0 amide bonds. The Bertz CT molecular complexity index is 920. The van der Waals surface area contributed by atoms with Crippen LogP contribution in [-0.4, -0.2) is 52.3 Å². The third kappa shape index (κ3) is 33.3. The van der Waals surface area contributed by atoms with Crippen molar-refractivity contribution in [1.82, 2.24) is 0 Å². The zero-order valence-corrected chi connectivity index (χ0v) is 29.6. The van der Waals surface area contributed by atoms with Crippen LogP contribution in [0.1, 0.15) is 136 Å². The van der Waals surface area contributed by atoms with Crippen LogP contribution < -0.4 is 0 Å². The van der Waals surface area contributed by atoms with E-state index in [9.17, 15) is 19.3 Å². The molecule has 0 aliphatic rings. The van der Waals surface area contributed by atoms with Gasteiger partial charge in [0.05, 0.1) is 12.7 Å². The van der Waals surface area contributed by atoms with Crippen LogP contribution in [0.4, 0.5) is 0 Å². The lowest BCUT2D eigenvalue weighted by molar-refractivity contribution is -0.161. The van der Waals surface area contributed by atoms with Crippen molar-refractivity contribution in [1.29, 1.82) is 0 Å². The van der Waals surface area contributed by atoms with Gasteiger partial charge in [-0.15, -0.1) is 0 Å². The number of aliphatic hydroxyl groups is 1. The van der Waals surface area contributed by atoms with Crippen molar-refractivity contribution < 1.29 is 43.0 Å². The number of hydrogen-bond acceptors (Lipinski definition) is 7. The number of hydrogen-bond donors (Lipinski definition) is 3. The van der Waals surface area contributed by atoms with Gasteiger partial charge in [0.25, 0.3) is 0 Å². The first-order valence-corrected chi connectivity index (χ1v) is 18.9. The number of aliphatic hydroxyl groups excluding tert-OH is 1. The molecular weight excluding hydrogens is 607 g/mol. The van der Waals surface area contributed by atoms with Crippen molar-refractivity contribution >= 4 is 19.8 Å². The van der Waals surface area contributed by atoms with Crippen LogP contribution in [0.15, 0.2) is 48.6 Å². The Kier molecular flexibility index (Phi) is 29.0. The van der Waals surface area contributed by atoms with Crippen molar-refractivity contribution in [3.8, 4) is 0 Å². The van der Waals surface area contributed by atoms with E-state index < -0.39 is 38.6 Å². The van der Waals surface area contributed by atoms with E-state index in [1.54, 1.807) is 12.2 Å². The fourth-order valence-electron chi connectivity index (χ4n) is 4.48. The van der Waals surface area contributed by atoms with Crippen LogP contribution in [0.3, 0.4) is 0 Å². The molecular formula is C36H63O9P. The van der Waals surface area contributed by atoms with Crippen LogP contribution in [0.25, 0.3) is 0 Å². The highest BCUT2D eigenvalue weighted by molar-refractivity contribution is 7.46. The zero-order chi connectivity index (χ0) is 34.3. The number of phosphoric ester groups is 1. The minimum absolute atomic E-state index is 0.0378. The number of allylic oxidation sites excluding steroid dienone is 7. The minimum Gasteiger partial charge on any atom is -0.462 e. The molecule has 9 nitrogen and oxygen atoms in total. The van der Waals surface area contributed by atoms with Gasteiger partial charge >= 0.3 is 19.8 Å².